The van der Waals surface area contributed by atoms with Crippen LogP contribution in [0, 0.1) is 5.92 Å². The van der Waals surface area contributed by atoms with Gasteiger partial charge < -0.3 is 14.2 Å². The summed E-state index contributed by atoms with van der Waals surface area (Å²) in [6, 6.07) is 17.1. The predicted molar refractivity (Wildman–Crippen MR) is 151 cm³/mol. The first-order chi connectivity index (χ1) is 17.8. The summed E-state index contributed by atoms with van der Waals surface area (Å²) in [5.74, 6) is 1.50. The summed E-state index contributed by atoms with van der Waals surface area (Å²) in [6.45, 7) is 6.96. The Hall–Kier alpha value is -1.84. The van der Waals surface area contributed by atoms with Gasteiger partial charge in [-0.05, 0) is 36.1 Å². The molecule has 0 amide bonds. The maximum atomic E-state index is 6.08. The standard InChI is InChI=1S/C33H50O3/c1-3-5-7-9-11-12-14-16-28-26-35-33(36-27-28)31-19-17-29(18-20-31)30-21-23-32(24-22-30)34-25-15-13-10-8-6-4-2/h17-24,28,33H,3-16,25-27H2,1-2H3/t28-,33-. The van der Waals surface area contributed by atoms with Crippen molar-refractivity contribution < 1.29 is 14.2 Å². The highest BCUT2D eigenvalue weighted by molar-refractivity contribution is 5.64. The van der Waals surface area contributed by atoms with Gasteiger partial charge in [0.15, 0.2) is 6.29 Å². The van der Waals surface area contributed by atoms with Crippen molar-refractivity contribution in [1.29, 1.82) is 0 Å². The highest BCUT2D eigenvalue weighted by Gasteiger charge is 2.23. The second-order valence-corrected chi connectivity index (χ2v) is 10.5. The lowest BCUT2D eigenvalue weighted by Crippen LogP contribution is -2.27. The smallest absolute Gasteiger partial charge is 0.183 e. The Bertz CT molecular complexity index is 791. The summed E-state index contributed by atoms with van der Waals surface area (Å²) in [5, 5.41) is 0. The summed E-state index contributed by atoms with van der Waals surface area (Å²) < 4.78 is 18.1. The Labute approximate surface area is 220 Å². The largest absolute Gasteiger partial charge is 0.494 e. The van der Waals surface area contributed by atoms with Gasteiger partial charge in [0.05, 0.1) is 19.8 Å². The van der Waals surface area contributed by atoms with Crippen LogP contribution in [0.2, 0.25) is 0 Å². The Morgan fingerprint density at radius 2 is 1.11 bits per heavy atom. The van der Waals surface area contributed by atoms with Gasteiger partial charge >= 0.3 is 0 Å². The van der Waals surface area contributed by atoms with E-state index in [1.807, 2.05) is 0 Å². The molecule has 2 aromatic carbocycles. The quantitative estimate of drug-likeness (QED) is 0.193. The first kappa shape index (κ1) is 28.7. The molecule has 0 spiro atoms. The summed E-state index contributed by atoms with van der Waals surface area (Å²) >= 11 is 0. The van der Waals surface area contributed by atoms with Crippen molar-refractivity contribution in [3.8, 4) is 16.9 Å². The summed E-state index contributed by atoms with van der Waals surface area (Å²) in [6.07, 6.45) is 18.2. The lowest BCUT2D eigenvalue weighted by Gasteiger charge is -2.29. The van der Waals surface area contributed by atoms with Crippen molar-refractivity contribution in [1.82, 2.24) is 0 Å². The highest BCUT2D eigenvalue weighted by Crippen LogP contribution is 2.30. The average molecular weight is 495 g/mol. The van der Waals surface area contributed by atoms with Crippen molar-refractivity contribution in [2.45, 2.75) is 110 Å². The molecule has 1 fully saturated rings. The average Bonchev–Trinajstić information content (AvgIpc) is 2.93. The van der Waals surface area contributed by atoms with Crippen LogP contribution in [-0.4, -0.2) is 19.8 Å². The van der Waals surface area contributed by atoms with Crippen molar-refractivity contribution in [2.24, 2.45) is 5.92 Å². The van der Waals surface area contributed by atoms with E-state index in [0.717, 1.165) is 37.6 Å². The van der Waals surface area contributed by atoms with E-state index in [-0.39, 0.29) is 6.29 Å². The minimum absolute atomic E-state index is 0.234. The Kier molecular flexibility index (Phi) is 14.0. The van der Waals surface area contributed by atoms with Gasteiger partial charge in [0.2, 0.25) is 0 Å². The van der Waals surface area contributed by atoms with Crippen molar-refractivity contribution >= 4 is 0 Å². The molecule has 0 radical (unpaired) electrons. The lowest BCUT2D eigenvalue weighted by atomic mass is 10.00. The molecule has 1 saturated heterocycles. The van der Waals surface area contributed by atoms with Crippen molar-refractivity contribution in [3.63, 3.8) is 0 Å². The summed E-state index contributed by atoms with van der Waals surface area (Å²) in [5.41, 5.74) is 3.51. The fourth-order valence-corrected chi connectivity index (χ4v) is 4.94. The second kappa shape index (κ2) is 17.6. The molecule has 0 aromatic heterocycles. The maximum Gasteiger partial charge on any atom is 0.183 e. The molecule has 0 atom stereocenters. The first-order valence-electron chi connectivity index (χ1n) is 14.9. The molecule has 200 valence electrons. The number of benzene rings is 2. The third kappa shape index (κ3) is 10.6. The number of hydrogen-bond donors (Lipinski definition) is 0. The van der Waals surface area contributed by atoms with Gasteiger partial charge in [0.1, 0.15) is 5.75 Å². The van der Waals surface area contributed by atoms with Crippen LogP contribution in [0.4, 0.5) is 0 Å². The molecule has 0 N–H and O–H groups in total. The van der Waals surface area contributed by atoms with E-state index in [1.165, 1.54) is 94.6 Å². The Morgan fingerprint density at radius 1 is 0.611 bits per heavy atom. The Morgan fingerprint density at radius 3 is 1.69 bits per heavy atom. The van der Waals surface area contributed by atoms with Crippen LogP contribution in [-0.2, 0) is 9.47 Å². The van der Waals surface area contributed by atoms with E-state index in [0.29, 0.717) is 5.92 Å². The fraction of sp³-hybridized carbons (Fsp3) is 0.636. The third-order valence-corrected chi connectivity index (χ3v) is 7.32. The predicted octanol–water partition coefficient (Wildman–Crippen LogP) is 9.90. The molecule has 36 heavy (non-hydrogen) atoms. The first-order valence-corrected chi connectivity index (χ1v) is 14.9. The molecule has 0 saturated carbocycles. The molecule has 1 aliphatic rings. The monoisotopic (exact) mass is 494 g/mol. The molecule has 2 aromatic rings. The minimum atomic E-state index is -0.234. The van der Waals surface area contributed by atoms with Crippen LogP contribution in [0.5, 0.6) is 5.75 Å². The van der Waals surface area contributed by atoms with Crippen LogP contribution in [0.1, 0.15) is 116 Å². The van der Waals surface area contributed by atoms with Crippen LogP contribution in [0.15, 0.2) is 48.5 Å². The normalized spacial score (nSPS) is 17.8. The van der Waals surface area contributed by atoms with Crippen LogP contribution < -0.4 is 4.74 Å². The number of ether oxygens (including phenoxy) is 3. The van der Waals surface area contributed by atoms with Crippen LogP contribution >= 0.6 is 0 Å². The SMILES string of the molecule is CCCCCCCCC[C@H]1CO[C@H](c2ccc(-c3ccc(OCCCCCCCC)cc3)cc2)OC1. The molecule has 0 bridgehead atoms. The molecule has 3 nitrogen and oxygen atoms in total. The molecular weight excluding hydrogens is 444 g/mol. The van der Waals surface area contributed by atoms with Crippen LogP contribution in [0.25, 0.3) is 11.1 Å². The van der Waals surface area contributed by atoms with E-state index in [9.17, 15) is 0 Å². The van der Waals surface area contributed by atoms with Gasteiger partial charge in [-0.3, -0.25) is 0 Å². The molecule has 0 aliphatic carbocycles. The second-order valence-electron chi connectivity index (χ2n) is 10.5. The zero-order valence-corrected chi connectivity index (χ0v) is 23.0. The molecule has 3 rings (SSSR count). The number of hydrogen-bond acceptors (Lipinski definition) is 3. The minimum Gasteiger partial charge on any atom is -0.494 e. The van der Waals surface area contributed by atoms with E-state index in [1.54, 1.807) is 0 Å². The number of rotatable bonds is 18. The number of unbranched alkanes of at least 4 members (excludes halogenated alkanes) is 11. The van der Waals surface area contributed by atoms with Crippen molar-refractivity contribution in [3.05, 3.63) is 54.1 Å². The lowest BCUT2D eigenvalue weighted by molar-refractivity contribution is -0.206. The zero-order valence-electron chi connectivity index (χ0n) is 23.0. The molecule has 3 heteroatoms. The van der Waals surface area contributed by atoms with E-state index in [2.05, 4.69) is 62.4 Å². The molecule has 1 aliphatic heterocycles. The van der Waals surface area contributed by atoms with Gasteiger partial charge in [0, 0.05) is 11.5 Å². The highest BCUT2D eigenvalue weighted by atomic mass is 16.7. The van der Waals surface area contributed by atoms with Gasteiger partial charge in [-0.2, -0.15) is 0 Å². The summed E-state index contributed by atoms with van der Waals surface area (Å²) in [7, 11) is 0. The van der Waals surface area contributed by atoms with Gasteiger partial charge in [-0.1, -0.05) is 127 Å². The topological polar surface area (TPSA) is 27.7 Å². The molecular formula is C33H50O3. The fourth-order valence-electron chi connectivity index (χ4n) is 4.94. The van der Waals surface area contributed by atoms with Crippen LogP contribution in [0.3, 0.4) is 0 Å². The maximum absolute atomic E-state index is 6.08. The van der Waals surface area contributed by atoms with E-state index < -0.39 is 0 Å². The van der Waals surface area contributed by atoms with E-state index in [4.69, 9.17) is 14.2 Å². The Balaban J connectivity index is 1.33. The van der Waals surface area contributed by atoms with Crippen molar-refractivity contribution in [2.75, 3.05) is 19.8 Å². The van der Waals surface area contributed by atoms with Gasteiger partial charge in [0.25, 0.3) is 0 Å². The van der Waals surface area contributed by atoms with E-state index >= 15 is 0 Å². The summed E-state index contributed by atoms with van der Waals surface area (Å²) in [4.78, 5) is 0. The van der Waals surface area contributed by atoms with Gasteiger partial charge in [-0.15, -0.1) is 0 Å². The van der Waals surface area contributed by atoms with Gasteiger partial charge in [-0.25, -0.2) is 0 Å². The molecule has 1 heterocycles. The molecule has 0 unspecified atom stereocenters. The third-order valence-electron chi connectivity index (χ3n) is 7.32. The zero-order chi connectivity index (χ0) is 25.3.